The molecule has 0 amide bonds. The largest absolute Gasteiger partial charge is 0.309 e. The van der Waals surface area contributed by atoms with Crippen LogP contribution in [0.25, 0.3) is 210 Å². The van der Waals surface area contributed by atoms with Gasteiger partial charge in [-0.15, -0.1) is 0 Å². The van der Waals surface area contributed by atoms with Gasteiger partial charge in [-0.2, -0.15) is 0 Å². The van der Waals surface area contributed by atoms with Crippen molar-refractivity contribution in [1.82, 2.24) is 18.3 Å². The fourth-order valence-corrected chi connectivity index (χ4v) is 18.2. The van der Waals surface area contributed by atoms with E-state index in [4.69, 9.17) is 0 Å². The summed E-state index contributed by atoms with van der Waals surface area (Å²) in [4.78, 5) is 0. The smallest absolute Gasteiger partial charge is 0.0541 e. The Morgan fingerprint density at radius 1 is 0.121 bits per heavy atom. The molecule has 0 saturated heterocycles. The fourth-order valence-electron chi connectivity index (χ4n) is 18.2. The molecule has 0 fully saturated rings. The number of aromatic nitrogens is 4. The highest BCUT2D eigenvalue weighted by Gasteiger charge is 2.22. The number of hydrogen-bond donors (Lipinski definition) is 0. The van der Waals surface area contributed by atoms with E-state index in [1.54, 1.807) is 0 Å². The van der Waals surface area contributed by atoms with E-state index in [9.17, 15) is 0 Å². The average molecular weight is 1480 g/mol. The van der Waals surface area contributed by atoms with E-state index < -0.39 is 0 Å². The van der Waals surface area contributed by atoms with Crippen molar-refractivity contribution in [2.75, 3.05) is 0 Å². The number of rotatable bonds is 12. The Morgan fingerprint density at radius 3 is 0.784 bits per heavy atom. The van der Waals surface area contributed by atoms with E-state index in [-0.39, 0.29) is 0 Å². The third-order valence-electron chi connectivity index (χ3n) is 23.6. The summed E-state index contributed by atoms with van der Waals surface area (Å²) in [6, 6.07) is 164. The quantitative estimate of drug-likeness (QED) is 0.116. The van der Waals surface area contributed by atoms with Crippen LogP contribution in [0.4, 0.5) is 0 Å². The predicted molar refractivity (Wildman–Crippen MR) is 491 cm³/mol. The number of benzene rings is 19. The van der Waals surface area contributed by atoms with Crippen molar-refractivity contribution >= 4 is 98.0 Å². The molecule has 0 N–H and O–H groups in total. The maximum absolute atomic E-state index is 2.45. The van der Waals surface area contributed by atoms with E-state index in [2.05, 4.69) is 467 Å². The highest BCUT2D eigenvalue weighted by Crippen LogP contribution is 2.45. The second-order valence-corrected chi connectivity index (χ2v) is 30.3. The summed E-state index contributed by atoms with van der Waals surface area (Å²) in [6.45, 7) is 0. The van der Waals surface area contributed by atoms with Crippen LogP contribution in [0, 0.1) is 0 Å². The van der Waals surface area contributed by atoms with Crippen LogP contribution in [0.1, 0.15) is 0 Å². The Balaban J connectivity index is 0.000000141. The Kier molecular flexibility index (Phi) is 16.6. The van der Waals surface area contributed by atoms with Gasteiger partial charge in [0.05, 0.1) is 55.5 Å². The molecule has 0 aliphatic rings. The molecule has 0 spiro atoms. The zero-order valence-electron chi connectivity index (χ0n) is 63.5. The van der Waals surface area contributed by atoms with Gasteiger partial charge in [0.2, 0.25) is 0 Å². The third kappa shape index (κ3) is 11.8. The topological polar surface area (TPSA) is 19.7 Å². The minimum absolute atomic E-state index is 1.16. The first-order valence-corrected chi connectivity index (χ1v) is 39.9. The number of hydrogen-bond acceptors (Lipinski definition) is 0. The van der Waals surface area contributed by atoms with Gasteiger partial charge in [0.1, 0.15) is 0 Å². The van der Waals surface area contributed by atoms with Gasteiger partial charge in [0.15, 0.2) is 0 Å². The standard InChI is InChI=1S/C58H38N2.C54H36N2/c1-2-14-39(15-3-1)43-19-13-21-48(36-43)59-55-26-10-7-23-50(55)52-37-45(30-32-57(52)59)46-31-33-58-53(38-46)51-24-8-11-27-56(51)60(58)54-25-9-6-22-49(54)47-20-12-18-42(35-47)44-29-28-40-16-4-5-17-41(40)34-44;1-3-15-37(16-4-1)39-19-13-21-43(33-39)45-23-7-10-26-50(45)56-52-28-12-9-25-47(52)49-36-42(30-32-54(49)56)41-29-31-53-48(35-41)46-24-8-11-27-51(46)55(53)44-22-14-20-40(34-44)38-17-5-2-6-18-38/h1-38H;1-36H. The monoisotopic (exact) mass is 1470 g/mol. The van der Waals surface area contributed by atoms with Crippen molar-refractivity contribution in [1.29, 1.82) is 0 Å². The summed E-state index contributed by atoms with van der Waals surface area (Å²) in [5, 5.41) is 12.5. The van der Waals surface area contributed by atoms with Crippen LogP contribution in [0.2, 0.25) is 0 Å². The minimum Gasteiger partial charge on any atom is -0.309 e. The van der Waals surface area contributed by atoms with Crippen LogP contribution in [-0.4, -0.2) is 18.3 Å². The van der Waals surface area contributed by atoms with E-state index in [0.29, 0.717) is 0 Å². The van der Waals surface area contributed by atoms with Gasteiger partial charge in [0.25, 0.3) is 0 Å². The molecule has 23 aromatic rings. The molecule has 0 aliphatic carbocycles. The van der Waals surface area contributed by atoms with Crippen molar-refractivity contribution in [2.45, 2.75) is 0 Å². The van der Waals surface area contributed by atoms with Gasteiger partial charge in [-0.25, -0.2) is 0 Å². The van der Waals surface area contributed by atoms with Gasteiger partial charge >= 0.3 is 0 Å². The summed E-state index contributed by atoms with van der Waals surface area (Å²) in [5.74, 6) is 0. The molecular weight excluding hydrogens is 1400 g/mol. The summed E-state index contributed by atoms with van der Waals surface area (Å²) in [7, 11) is 0. The molecule has 4 heteroatoms. The zero-order valence-corrected chi connectivity index (χ0v) is 63.5. The summed E-state index contributed by atoms with van der Waals surface area (Å²) in [6.07, 6.45) is 0. The second kappa shape index (κ2) is 28.4. The van der Waals surface area contributed by atoms with Crippen molar-refractivity contribution in [3.8, 4) is 112 Å². The molecule has 19 aromatic carbocycles. The lowest BCUT2D eigenvalue weighted by Crippen LogP contribution is -1.97. The predicted octanol–water partition coefficient (Wildman–Crippen LogP) is 30.3. The van der Waals surface area contributed by atoms with Crippen molar-refractivity contribution in [2.24, 2.45) is 0 Å². The Morgan fingerprint density at radius 2 is 0.379 bits per heavy atom. The van der Waals surface area contributed by atoms with Crippen LogP contribution in [0.3, 0.4) is 0 Å². The molecule has 4 heterocycles. The molecule has 0 atom stereocenters. The lowest BCUT2D eigenvalue weighted by Gasteiger charge is -2.15. The Labute approximate surface area is 672 Å². The fraction of sp³-hybridized carbons (Fsp3) is 0. The van der Waals surface area contributed by atoms with Crippen LogP contribution >= 0.6 is 0 Å². The molecule has 0 saturated carbocycles. The summed E-state index contributed by atoms with van der Waals surface area (Å²) < 4.78 is 9.71. The van der Waals surface area contributed by atoms with Gasteiger partial charge in [-0.05, 0) is 216 Å². The Bertz CT molecular complexity index is 7760. The highest BCUT2D eigenvalue weighted by atomic mass is 15.0. The molecular formula is C112H74N4. The molecule has 116 heavy (non-hydrogen) atoms. The van der Waals surface area contributed by atoms with Gasteiger partial charge < -0.3 is 18.3 Å². The normalized spacial score (nSPS) is 11.6. The molecule has 4 nitrogen and oxygen atoms in total. The van der Waals surface area contributed by atoms with Crippen molar-refractivity contribution in [3.05, 3.63) is 449 Å². The SMILES string of the molecule is c1ccc(-c2cccc(-c3ccccc3-n3c4ccccc4c4cc(-c5ccc6c(c5)c5ccccc5n6-c5cccc(-c6ccccc6)c5)ccc43)c2)cc1.c1ccc(-c2cccc(-n3c4ccccc4c4cc(-c5ccc6c(c5)c5ccccc5n6-c5ccccc5-c5cccc(-c6ccc7ccccc7c6)c5)ccc43)c2)cc1. The molecule has 542 valence electrons. The van der Waals surface area contributed by atoms with Crippen molar-refractivity contribution < 1.29 is 0 Å². The van der Waals surface area contributed by atoms with Crippen LogP contribution in [0.5, 0.6) is 0 Å². The van der Waals surface area contributed by atoms with Crippen LogP contribution < -0.4 is 0 Å². The van der Waals surface area contributed by atoms with Crippen LogP contribution in [-0.2, 0) is 0 Å². The van der Waals surface area contributed by atoms with Crippen LogP contribution in [0.15, 0.2) is 449 Å². The number of nitrogens with zero attached hydrogens (tertiary/aromatic N) is 4. The first-order chi connectivity index (χ1) is 57.5. The van der Waals surface area contributed by atoms with E-state index in [1.165, 1.54) is 193 Å². The lowest BCUT2D eigenvalue weighted by molar-refractivity contribution is 1.18. The first-order valence-electron chi connectivity index (χ1n) is 39.9. The molecule has 0 unspecified atom stereocenters. The maximum Gasteiger partial charge on any atom is 0.0541 e. The van der Waals surface area contributed by atoms with E-state index >= 15 is 0 Å². The lowest BCUT2D eigenvalue weighted by atomic mass is 9.96. The maximum atomic E-state index is 2.45. The third-order valence-corrected chi connectivity index (χ3v) is 23.6. The number of fused-ring (bicyclic) bond motifs is 13. The second-order valence-electron chi connectivity index (χ2n) is 30.3. The first kappa shape index (κ1) is 67.5. The Hall–Kier alpha value is -15.4. The molecule has 0 bridgehead atoms. The zero-order chi connectivity index (χ0) is 76.6. The van der Waals surface area contributed by atoms with Gasteiger partial charge in [-0.3, -0.25) is 0 Å². The minimum atomic E-state index is 1.16. The molecule has 4 aromatic heterocycles. The van der Waals surface area contributed by atoms with E-state index in [0.717, 1.165) is 17.1 Å². The van der Waals surface area contributed by atoms with Crippen molar-refractivity contribution in [3.63, 3.8) is 0 Å². The average Bonchev–Trinajstić information content (AvgIpc) is 1.58. The van der Waals surface area contributed by atoms with Gasteiger partial charge in [-0.1, -0.05) is 322 Å². The highest BCUT2D eigenvalue weighted by molar-refractivity contribution is 6.16. The van der Waals surface area contributed by atoms with Gasteiger partial charge in [0, 0.05) is 65.6 Å². The molecule has 0 aliphatic heterocycles. The number of para-hydroxylation sites is 6. The summed E-state index contributed by atoms with van der Waals surface area (Å²) in [5.41, 5.74) is 33.5. The summed E-state index contributed by atoms with van der Waals surface area (Å²) >= 11 is 0. The molecule has 0 radical (unpaired) electrons. The molecule has 23 rings (SSSR count). The van der Waals surface area contributed by atoms with E-state index in [1.807, 2.05) is 0 Å².